The Hall–Kier alpha value is -3.97. The summed E-state index contributed by atoms with van der Waals surface area (Å²) in [6.07, 6.45) is -0.790. The maximum absolute atomic E-state index is 12.6. The fourth-order valence-electron chi connectivity index (χ4n) is 5.04. The average molecular weight is 524 g/mol. The lowest BCUT2D eigenvalue weighted by Gasteiger charge is -2.36. The maximum Gasteiger partial charge on any atom is 0.513 e. The number of aromatic nitrogens is 4. The van der Waals surface area contributed by atoms with Gasteiger partial charge in [0.15, 0.2) is 0 Å². The van der Waals surface area contributed by atoms with Gasteiger partial charge in [-0.25, -0.2) is 9.42 Å². The van der Waals surface area contributed by atoms with E-state index >= 15 is 0 Å². The van der Waals surface area contributed by atoms with E-state index in [0.29, 0.717) is 86.9 Å². The highest BCUT2D eigenvalue weighted by atomic mass is 16.7. The van der Waals surface area contributed by atoms with Crippen molar-refractivity contribution in [3.05, 3.63) is 40.8 Å². The molecular formula is C25H29N7O6. The Kier molecular flexibility index (Phi) is 6.68. The van der Waals surface area contributed by atoms with Crippen LogP contribution in [0.15, 0.2) is 34.3 Å². The second-order valence-corrected chi connectivity index (χ2v) is 9.12. The van der Waals surface area contributed by atoms with Crippen molar-refractivity contribution < 1.29 is 28.4 Å². The number of rotatable bonds is 5. The molecule has 2 saturated heterocycles. The molecule has 200 valence electrons. The molecule has 0 radical (unpaired) electrons. The molecule has 3 aliphatic rings. The molecule has 6 rings (SSSR count). The molecular weight excluding hydrogens is 494 g/mol. The second-order valence-electron chi connectivity index (χ2n) is 9.12. The minimum absolute atomic E-state index is 0.188. The van der Waals surface area contributed by atoms with Gasteiger partial charge in [0.25, 0.3) is 0 Å². The normalized spacial score (nSPS) is 19.8. The molecule has 1 N–H and O–H groups in total. The number of carbonyl (C=O) groups is 1. The van der Waals surface area contributed by atoms with E-state index in [1.807, 2.05) is 25.1 Å². The minimum Gasteiger partial charge on any atom is -0.434 e. The van der Waals surface area contributed by atoms with E-state index in [4.69, 9.17) is 33.5 Å². The molecule has 0 amide bonds. The summed E-state index contributed by atoms with van der Waals surface area (Å²) in [5.41, 5.74) is 3.30. The van der Waals surface area contributed by atoms with Crippen molar-refractivity contribution in [3.8, 4) is 0 Å². The minimum atomic E-state index is -0.790. The summed E-state index contributed by atoms with van der Waals surface area (Å²) in [6, 6.07) is 5.62. The molecule has 5 heterocycles. The van der Waals surface area contributed by atoms with Crippen LogP contribution in [0, 0.1) is 0 Å². The third-order valence-electron chi connectivity index (χ3n) is 6.83. The number of nitrogens with one attached hydrogen (secondary N) is 1. The summed E-state index contributed by atoms with van der Waals surface area (Å²) in [5.74, 6) is 1.79. The number of anilines is 3. The molecule has 0 saturated carbocycles. The van der Waals surface area contributed by atoms with E-state index in [1.165, 1.54) is 0 Å². The fourth-order valence-corrected chi connectivity index (χ4v) is 5.04. The van der Waals surface area contributed by atoms with Crippen molar-refractivity contribution >= 4 is 34.8 Å². The van der Waals surface area contributed by atoms with Gasteiger partial charge in [0.2, 0.25) is 5.95 Å². The van der Waals surface area contributed by atoms with E-state index in [2.05, 4.69) is 25.4 Å². The van der Waals surface area contributed by atoms with Crippen molar-refractivity contribution in [1.82, 2.24) is 20.3 Å². The highest BCUT2D eigenvalue weighted by Crippen LogP contribution is 2.47. The summed E-state index contributed by atoms with van der Waals surface area (Å²) in [6.45, 7) is 8.85. The third kappa shape index (κ3) is 4.47. The fraction of sp³-hybridized carbons (Fsp3) is 0.480. The van der Waals surface area contributed by atoms with Crippen molar-refractivity contribution in [1.29, 1.82) is 0 Å². The van der Waals surface area contributed by atoms with Gasteiger partial charge < -0.3 is 34.1 Å². The second kappa shape index (κ2) is 10.4. The predicted molar refractivity (Wildman–Crippen MR) is 136 cm³/mol. The number of ether oxygens (including phenoxy) is 4. The molecule has 1 atom stereocenters. The van der Waals surface area contributed by atoms with Crippen molar-refractivity contribution in [2.24, 2.45) is 0 Å². The van der Waals surface area contributed by atoms with E-state index in [0.717, 1.165) is 16.9 Å². The lowest BCUT2D eigenvalue weighted by Crippen LogP contribution is -2.41. The standard InChI is InChI=1S/C25H29N7O6/c1-3-36-25(33)37-21-15(2)26-22-19(18(21)16-5-4-6-17-20(16)30-38-29-17)23(31-7-11-34-12-8-31)28-24(27-22)32-9-13-35-14-10-32/h4-6,18H,3,7-14H2,1-2H3,(H,26,27,28). The Morgan fingerprint density at radius 2 is 1.79 bits per heavy atom. The SMILES string of the molecule is CCOC(=O)OC1=C(C)Nc2nc(N3CCOCC3)nc(N3CCOCC3)c2C1c1cccc2nonc12. The van der Waals surface area contributed by atoms with Crippen LogP contribution in [-0.2, 0) is 18.9 Å². The molecule has 0 spiro atoms. The molecule has 3 aliphatic heterocycles. The lowest BCUT2D eigenvalue weighted by molar-refractivity contribution is 0.0778. The van der Waals surface area contributed by atoms with E-state index in [1.54, 1.807) is 6.92 Å². The summed E-state index contributed by atoms with van der Waals surface area (Å²) in [4.78, 5) is 26.9. The zero-order chi connectivity index (χ0) is 26.1. The van der Waals surface area contributed by atoms with Gasteiger partial charge in [-0.2, -0.15) is 9.97 Å². The van der Waals surface area contributed by atoms with Gasteiger partial charge >= 0.3 is 6.16 Å². The van der Waals surface area contributed by atoms with Gasteiger partial charge in [0.1, 0.15) is 28.4 Å². The molecule has 1 unspecified atom stereocenters. The predicted octanol–water partition coefficient (Wildman–Crippen LogP) is 2.65. The molecule has 2 aromatic heterocycles. The number of hydrogen-bond acceptors (Lipinski definition) is 13. The Labute approximate surface area is 218 Å². The number of morpholine rings is 2. The third-order valence-corrected chi connectivity index (χ3v) is 6.83. The van der Waals surface area contributed by atoms with Crippen LogP contribution in [0.3, 0.4) is 0 Å². The number of hydrogen-bond donors (Lipinski definition) is 1. The van der Waals surface area contributed by atoms with Crippen LogP contribution in [0.2, 0.25) is 0 Å². The summed E-state index contributed by atoms with van der Waals surface area (Å²) in [7, 11) is 0. The van der Waals surface area contributed by atoms with Crippen LogP contribution < -0.4 is 15.1 Å². The maximum atomic E-state index is 12.6. The number of benzene rings is 1. The van der Waals surface area contributed by atoms with Crippen LogP contribution in [-0.4, -0.2) is 85.7 Å². The van der Waals surface area contributed by atoms with Crippen LogP contribution in [0.25, 0.3) is 11.0 Å². The molecule has 1 aromatic carbocycles. The zero-order valence-electron chi connectivity index (χ0n) is 21.3. The van der Waals surface area contributed by atoms with E-state index in [-0.39, 0.29) is 6.61 Å². The molecule has 0 bridgehead atoms. The number of nitrogens with zero attached hydrogens (tertiary/aromatic N) is 6. The van der Waals surface area contributed by atoms with Gasteiger partial charge in [-0.15, -0.1) is 0 Å². The summed E-state index contributed by atoms with van der Waals surface area (Å²) >= 11 is 0. The first-order valence-corrected chi connectivity index (χ1v) is 12.7. The Morgan fingerprint density at radius 3 is 2.53 bits per heavy atom. The Morgan fingerprint density at radius 1 is 1.05 bits per heavy atom. The molecule has 3 aromatic rings. The van der Waals surface area contributed by atoms with Gasteiger partial charge in [-0.3, -0.25) is 0 Å². The van der Waals surface area contributed by atoms with Gasteiger partial charge in [-0.1, -0.05) is 12.1 Å². The quantitative estimate of drug-likeness (QED) is 0.491. The Bertz CT molecular complexity index is 1360. The lowest BCUT2D eigenvalue weighted by atomic mass is 9.85. The van der Waals surface area contributed by atoms with Gasteiger partial charge in [-0.05, 0) is 35.8 Å². The van der Waals surface area contributed by atoms with Gasteiger partial charge in [0, 0.05) is 26.2 Å². The summed E-state index contributed by atoms with van der Waals surface area (Å²) < 4.78 is 27.2. The van der Waals surface area contributed by atoms with Crippen LogP contribution in [0.1, 0.15) is 30.9 Å². The number of allylic oxidation sites excluding steroid dienone is 2. The van der Waals surface area contributed by atoms with Crippen LogP contribution in [0.4, 0.5) is 22.4 Å². The summed E-state index contributed by atoms with van der Waals surface area (Å²) in [5, 5.41) is 11.6. The highest BCUT2D eigenvalue weighted by molar-refractivity contribution is 5.82. The first kappa shape index (κ1) is 24.4. The highest BCUT2D eigenvalue weighted by Gasteiger charge is 2.39. The van der Waals surface area contributed by atoms with Crippen molar-refractivity contribution in [2.75, 3.05) is 74.3 Å². The monoisotopic (exact) mass is 523 g/mol. The molecule has 0 aliphatic carbocycles. The van der Waals surface area contributed by atoms with E-state index < -0.39 is 12.1 Å². The Balaban J connectivity index is 1.56. The molecule has 38 heavy (non-hydrogen) atoms. The molecule has 13 nitrogen and oxygen atoms in total. The average Bonchev–Trinajstić information content (AvgIpc) is 3.43. The smallest absolute Gasteiger partial charge is 0.434 e. The number of fused-ring (bicyclic) bond motifs is 2. The topological polar surface area (TPSA) is 137 Å². The van der Waals surface area contributed by atoms with Crippen molar-refractivity contribution in [3.63, 3.8) is 0 Å². The van der Waals surface area contributed by atoms with E-state index in [9.17, 15) is 4.79 Å². The van der Waals surface area contributed by atoms with Crippen LogP contribution >= 0.6 is 0 Å². The van der Waals surface area contributed by atoms with Crippen LogP contribution in [0.5, 0.6) is 0 Å². The first-order chi connectivity index (χ1) is 18.6. The zero-order valence-corrected chi connectivity index (χ0v) is 21.3. The van der Waals surface area contributed by atoms with Gasteiger partial charge in [0.05, 0.1) is 50.2 Å². The number of carbonyl (C=O) groups excluding carboxylic acids is 1. The first-order valence-electron chi connectivity index (χ1n) is 12.7. The molecule has 13 heteroatoms. The molecule has 2 fully saturated rings. The largest absolute Gasteiger partial charge is 0.513 e. The van der Waals surface area contributed by atoms with Crippen molar-refractivity contribution in [2.45, 2.75) is 19.8 Å².